The van der Waals surface area contributed by atoms with E-state index in [-0.39, 0.29) is 12.5 Å². The first kappa shape index (κ1) is 18.9. The smallest absolute Gasteiger partial charge is 0.262 e. The van der Waals surface area contributed by atoms with Crippen LogP contribution in [0.1, 0.15) is 11.1 Å². The van der Waals surface area contributed by atoms with Gasteiger partial charge in [-0.1, -0.05) is 17.7 Å². The van der Waals surface area contributed by atoms with E-state index in [9.17, 15) is 4.79 Å². The van der Waals surface area contributed by atoms with Crippen LogP contribution in [0.25, 0.3) is 0 Å². The molecule has 26 heavy (non-hydrogen) atoms. The van der Waals surface area contributed by atoms with Gasteiger partial charge in [-0.2, -0.15) is 11.8 Å². The van der Waals surface area contributed by atoms with E-state index in [1.165, 1.54) is 5.56 Å². The fraction of sp³-hybridized carbons (Fsp3) is 0.350. The number of carbonyl (C=O) groups is 1. The number of anilines is 2. The van der Waals surface area contributed by atoms with Crippen LogP contribution in [0.2, 0.25) is 5.02 Å². The van der Waals surface area contributed by atoms with Crippen molar-refractivity contribution in [1.82, 2.24) is 0 Å². The number of nitrogens with one attached hydrogen (secondary N) is 1. The topological polar surface area (TPSA) is 41.6 Å². The van der Waals surface area contributed by atoms with Crippen molar-refractivity contribution >= 4 is 40.6 Å². The Morgan fingerprint density at radius 3 is 2.62 bits per heavy atom. The molecule has 0 saturated carbocycles. The number of hydrogen-bond acceptors (Lipinski definition) is 4. The monoisotopic (exact) mass is 390 g/mol. The SMILES string of the molecule is Cc1ccc(OCC(=O)Nc2ccc(N3CCSCC3)c(Cl)c2)cc1C. The van der Waals surface area contributed by atoms with Crippen LogP contribution in [0.5, 0.6) is 5.75 Å². The van der Waals surface area contributed by atoms with Gasteiger partial charge in [0.25, 0.3) is 5.91 Å². The van der Waals surface area contributed by atoms with Crippen LogP contribution in [-0.4, -0.2) is 37.1 Å². The zero-order valence-electron chi connectivity index (χ0n) is 15.0. The van der Waals surface area contributed by atoms with E-state index < -0.39 is 0 Å². The van der Waals surface area contributed by atoms with Gasteiger partial charge in [-0.05, 0) is 55.3 Å². The first-order chi connectivity index (χ1) is 12.5. The summed E-state index contributed by atoms with van der Waals surface area (Å²) in [5.74, 6) is 2.72. The Hall–Kier alpha value is -1.85. The summed E-state index contributed by atoms with van der Waals surface area (Å²) < 4.78 is 5.57. The molecule has 0 spiro atoms. The molecule has 1 fully saturated rings. The van der Waals surface area contributed by atoms with E-state index in [2.05, 4.69) is 10.2 Å². The average molecular weight is 391 g/mol. The lowest BCUT2D eigenvalue weighted by atomic mass is 10.1. The summed E-state index contributed by atoms with van der Waals surface area (Å²) in [6, 6.07) is 11.4. The maximum atomic E-state index is 12.1. The first-order valence-electron chi connectivity index (χ1n) is 8.65. The molecule has 0 unspecified atom stereocenters. The molecule has 1 aliphatic heterocycles. The number of benzene rings is 2. The molecule has 4 nitrogen and oxygen atoms in total. The van der Waals surface area contributed by atoms with Crippen LogP contribution in [0.3, 0.4) is 0 Å². The van der Waals surface area contributed by atoms with E-state index in [0.717, 1.165) is 35.8 Å². The van der Waals surface area contributed by atoms with Gasteiger partial charge >= 0.3 is 0 Å². The highest BCUT2D eigenvalue weighted by Crippen LogP contribution is 2.30. The third-order valence-electron chi connectivity index (χ3n) is 4.43. The number of halogens is 1. The Kier molecular flexibility index (Phi) is 6.33. The molecule has 1 amide bonds. The van der Waals surface area contributed by atoms with Gasteiger partial charge in [0.05, 0.1) is 10.7 Å². The molecular formula is C20H23ClN2O2S. The van der Waals surface area contributed by atoms with E-state index in [4.69, 9.17) is 16.3 Å². The molecule has 138 valence electrons. The van der Waals surface area contributed by atoms with Gasteiger partial charge in [0, 0.05) is 30.3 Å². The number of nitrogens with zero attached hydrogens (tertiary/aromatic N) is 1. The van der Waals surface area contributed by atoms with Crippen LogP contribution in [-0.2, 0) is 4.79 Å². The second kappa shape index (κ2) is 8.69. The normalized spacial score (nSPS) is 14.2. The summed E-state index contributed by atoms with van der Waals surface area (Å²) in [4.78, 5) is 14.4. The minimum absolute atomic E-state index is 0.0365. The molecule has 0 aromatic heterocycles. The maximum absolute atomic E-state index is 12.1. The first-order valence-corrected chi connectivity index (χ1v) is 10.2. The molecule has 2 aromatic rings. The van der Waals surface area contributed by atoms with E-state index >= 15 is 0 Å². The summed E-state index contributed by atoms with van der Waals surface area (Å²) in [5, 5.41) is 3.50. The lowest BCUT2D eigenvalue weighted by Gasteiger charge is -2.29. The maximum Gasteiger partial charge on any atom is 0.262 e. The van der Waals surface area contributed by atoms with Crippen LogP contribution in [0, 0.1) is 13.8 Å². The Morgan fingerprint density at radius 2 is 1.92 bits per heavy atom. The average Bonchev–Trinajstić information content (AvgIpc) is 2.63. The van der Waals surface area contributed by atoms with Gasteiger partial charge in [-0.15, -0.1) is 0 Å². The molecule has 3 rings (SSSR count). The molecule has 0 radical (unpaired) electrons. The molecular weight excluding hydrogens is 368 g/mol. The van der Waals surface area contributed by atoms with E-state index in [1.54, 1.807) is 6.07 Å². The van der Waals surface area contributed by atoms with Gasteiger partial charge < -0.3 is 15.0 Å². The van der Waals surface area contributed by atoms with Gasteiger partial charge in [-0.25, -0.2) is 0 Å². The number of aryl methyl sites for hydroxylation is 2. The molecule has 1 N–H and O–H groups in total. The highest BCUT2D eigenvalue weighted by Gasteiger charge is 2.15. The zero-order chi connectivity index (χ0) is 18.5. The molecule has 6 heteroatoms. The minimum atomic E-state index is -0.207. The van der Waals surface area contributed by atoms with Crippen molar-refractivity contribution in [2.45, 2.75) is 13.8 Å². The van der Waals surface area contributed by atoms with Crippen molar-refractivity contribution in [1.29, 1.82) is 0 Å². The third kappa shape index (κ3) is 4.86. The van der Waals surface area contributed by atoms with Crippen molar-refractivity contribution in [2.75, 3.05) is 41.4 Å². The number of thioether (sulfide) groups is 1. The fourth-order valence-electron chi connectivity index (χ4n) is 2.80. The Labute approximate surface area is 163 Å². The number of carbonyl (C=O) groups excluding carboxylic acids is 1. The number of ether oxygens (including phenoxy) is 1. The summed E-state index contributed by atoms with van der Waals surface area (Å²) in [6.45, 7) is 6.03. The van der Waals surface area contributed by atoms with Crippen LogP contribution < -0.4 is 15.0 Å². The quantitative estimate of drug-likeness (QED) is 0.814. The number of rotatable bonds is 5. The molecule has 1 saturated heterocycles. The summed E-state index contributed by atoms with van der Waals surface area (Å²) in [6.07, 6.45) is 0. The molecule has 0 bridgehead atoms. The fourth-order valence-corrected chi connectivity index (χ4v) is 4.00. The van der Waals surface area contributed by atoms with E-state index in [0.29, 0.717) is 16.5 Å². The van der Waals surface area contributed by atoms with Gasteiger partial charge in [0.2, 0.25) is 0 Å². The Balaban J connectivity index is 1.56. The van der Waals surface area contributed by atoms with E-state index in [1.807, 2.05) is 55.9 Å². The van der Waals surface area contributed by atoms with Crippen LogP contribution in [0.15, 0.2) is 36.4 Å². The summed E-state index contributed by atoms with van der Waals surface area (Å²) >= 11 is 8.38. The van der Waals surface area contributed by atoms with Crippen molar-refractivity contribution in [3.8, 4) is 5.75 Å². The minimum Gasteiger partial charge on any atom is -0.484 e. The van der Waals surface area contributed by atoms with Crippen molar-refractivity contribution in [3.05, 3.63) is 52.5 Å². The van der Waals surface area contributed by atoms with Crippen molar-refractivity contribution in [2.24, 2.45) is 0 Å². The number of amides is 1. The van der Waals surface area contributed by atoms with Crippen LogP contribution >= 0.6 is 23.4 Å². The third-order valence-corrected chi connectivity index (χ3v) is 5.68. The van der Waals surface area contributed by atoms with Gasteiger partial charge in [0.15, 0.2) is 6.61 Å². The zero-order valence-corrected chi connectivity index (χ0v) is 16.6. The van der Waals surface area contributed by atoms with Crippen molar-refractivity contribution < 1.29 is 9.53 Å². The van der Waals surface area contributed by atoms with Crippen LogP contribution in [0.4, 0.5) is 11.4 Å². The largest absolute Gasteiger partial charge is 0.484 e. The number of hydrogen-bond donors (Lipinski definition) is 1. The molecule has 1 aliphatic rings. The summed E-state index contributed by atoms with van der Waals surface area (Å²) in [7, 11) is 0. The molecule has 0 aliphatic carbocycles. The molecule has 1 heterocycles. The highest BCUT2D eigenvalue weighted by atomic mass is 35.5. The summed E-state index contributed by atoms with van der Waals surface area (Å²) in [5.41, 5.74) is 4.04. The Bertz CT molecular complexity index is 791. The predicted octanol–water partition coefficient (Wildman–Crippen LogP) is 4.53. The van der Waals surface area contributed by atoms with Gasteiger partial charge in [-0.3, -0.25) is 4.79 Å². The Morgan fingerprint density at radius 1 is 1.15 bits per heavy atom. The highest BCUT2D eigenvalue weighted by molar-refractivity contribution is 7.99. The molecule has 0 atom stereocenters. The second-order valence-electron chi connectivity index (χ2n) is 6.35. The lowest BCUT2D eigenvalue weighted by Crippen LogP contribution is -2.32. The molecule has 2 aromatic carbocycles. The van der Waals surface area contributed by atoms with Gasteiger partial charge in [0.1, 0.15) is 5.75 Å². The predicted molar refractivity (Wildman–Crippen MR) is 111 cm³/mol. The second-order valence-corrected chi connectivity index (χ2v) is 7.98. The van der Waals surface area contributed by atoms with Crippen molar-refractivity contribution in [3.63, 3.8) is 0 Å². The standard InChI is InChI=1S/C20H23ClN2O2S/c1-14-3-5-17(11-15(14)2)25-13-20(24)22-16-4-6-19(18(21)12-16)23-7-9-26-10-8-23/h3-6,11-12H,7-10,13H2,1-2H3,(H,22,24). The lowest BCUT2D eigenvalue weighted by molar-refractivity contribution is -0.118.